The maximum atomic E-state index is 13.9. The summed E-state index contributed by atoms with van der Waals surface area (Å²) in [6.07, 6.45) is 1.16. The van der Waals surface area contributed by atoms with Crippen LogP contribution in [0.1, 0.15) is 11.1 Å². The van der Waals surface area contributed by atoms with Gasteiger partial charge in [-0.2, -0.15) is 4.98 Å². The topological polar surface area (TPSA) is 49.8 Å². The molecule has 0 atom stereocenters. The minimum atomic E-state index is -0.499. The van der Waals surface area contributed by atoms with E-state index in [1.54, 1.807) is 0 Å². The van der Waals surface area contributed by atoms with Gasteiger partial charge in [0.05, 0.1) is 6.20 Å². The first-order valence-corrected chi connectivity index (χ1v) is 7.30. The molecule has 1 aromatic heterocycles. The predicted molar refractivity (Wildman–Crippen MR) is 90.9 cm³/mol. The molecule has 0 amide bonds. The van der Waals surface area contributed by atoms with E-state index >= 15 is 0 Å². The Hall–Kier alpha value is -2.95. The average molecular weight is 308 g/mol. The molecule has 0 radical (unpaired) electrons. The zero-order valence-corrected chi connectivity index (χ0v) is 13.0. The van der Waals surface area contributed by atoms with Crippen molar-refractivity contribution < 1.29 is 4.39 Å². The van der Waals surface area contributed by atoms with Crippen LogP contribution < -0.4 is 10.6 Å². The highest BCUT2D eigenvalue weighted by Crippen LogP contribution is 2.21. The van der Waals surface area contributed by atoms with Crippen molar-refractivity contribution >= 4 is 23.1 Å². The van der Waals surface area contributed by atoms with Crippen LogP contribution in [0.15, 0.2) is 54.7 Å². The molecule has 0 saturated carbocycles. The lowest BCUT2D eigenvalue weighted by Gasteiger charge is -2.10. The van der Waals surface area contributed by atoms with E-state index in [2.05, 4.69) is 20.6 Å². The number of halogens is 1. The first-order valence-electron chi connectivity index (χ1n) is 7.30. The number of nitrogens with zero attached hydrogens (tertiary/aromatic N) is 2. The average Bonchev–Trinajstić information content (AvgIpc) is 2.51. The fraction of sp³-hybridized carbons (Fsp3) is 0.111. The lowest BCUT2D eigenvalue weighted by atomic mass is 10.2. The molecule has 116 valence electrons. The first kappa shape index (κ1) is 15.0. The number of rotatable bonds is 4. The maximum absolute atomic E-state index is 13.9. The lowest BCUT2D eigenvalue weighted by Crippen LogP contribution is -2.03. The Kier molecular flexibility index (Phi) is 4.19. The van der Waals surface area contributed by atoms with E-state index in [4.69, 9.17) is 0 Å². The third-order valence-corrected chi connectivity index (χ3v) is 3.30. The van der Waals surface area contributed by atoms with E-state index in [0.29, 0.717) is 5.95 Å². The Morgan fingerprint density at radius 1 is 0.870 bits per heavy atom. The van der Waals surface area contributed by atoms with Gasteiger partial charge < -0.3 is 10.6 Å². The van der Waals surface area contributed by atoms with Crippen LogP contribution in [0.2, 0.25) is 0 Å². The molecule has 1 heterocycles. The van der Waals surface area contributed by atoms with Gasteiger partial charge in [-0.05, 0) is 49.2 Å². The normalized spacial score (nSPS) is 10.4. The van der Waals surface area contributed by atoms with Gasteiger partial charge in [0.25, 0.3) is 0 Å². The van der Waals surface area contributed by atoms with Gasteiger partial charge in [0, 0.05) is 11.4 Å². The second kappa shape index (κ2) is 6.44. The lowest BCUT2D eigenvalue weighted by molar-refractivity contribution is 0.619. The van der Waals surface area contributed by atoms with Gasteiger partial charge in [-0.1, -0.05) is 24.3 Å². The summed E-state index contributed by atoms with van der Waals surface area (Å²) in [4.78, 5) is 8.20. The second-order valence-electron chi connectivity index (χ2n) is 5.38. The van der Waals surface area contributed by atoms with E-state index < -0.39 is 5.82 Å². The third kappa shape index (κ3) is 3.83. The molecule has 0 aliphatic rings. The molecule has 23 heavy (non-hydrogen) atoms. The number of hydrogen-bond donors (Lipinski definition) is 2. The summed E-state index contributed by atoms with van der Waals surface area (Å²) in [5.74, 6) is -0.0193. The van der Waals surface area contributed by atoms with Crippen molar-refractivity contribution in [2.75, 3.05) is 10.6 Å². The second-order valence-corrected chi connectivity index (χ2v) is 5.38. The maximum Gasteiger partial charge on any atom is 0.229 e. The Bertz CT molecular complexity index is 833. The van der Waals surface area contributed by atoms with Crippen LogP contribution >= 0.6 is 0 Å². The molecule has 3 aromatic rings. The number of benzene rings is 2. The van der Waals surface area contributed by atoms with Gasteiger partial charge in [0.1, 0.15) is 0 Å². The molecule has 3 rings (SSSR count). The van der Waals surface area contributed by atoms with Gasteiger partial charge in [0.15, 0.2) is 11.6 Å². The largest absolute Gasteiger partial charge is 0.338 e. The fourth-order valence-electron chi connectivity index (χ4n) is 2.23. The monoisotopic (exact) mass is 308 g/mol. The quantitative estimate of drug-likeness (QED) is 0.732. The highest BCUT2D eigenvalue weighted by Gasteiger charge is 2.08. The molecule has 0 saturated heterocycles. The number of hydrogen-bond acceptors (Lipinski definition) is 4. The van der Waals surface area contributed by atoms with Crippen LogP contribution in [0.25, 0.3) is 0 Å². The Labute approximate surface area is 134 Å². The molecule has 5 heteroatoms. The summed E-state index contributed by atoms with van der Waals surface area (Å²) in [6.45, 7) is 3.98. The summed E-state index contributed by atoms with van der Waals surface area (Å²) in [5, 5.41) is 6.07. The Morgan fingerprint density at radius 3 is 2.09 bits per heavy atom. The van der Waals surface area contributed by atoms with E-state index in [9.17, 15) is 4.39 Å². The standard InChI is InChI=1S/C18H17FN4/c1-12-5-3-7-14(9-12)21-17-16(19)11-20-18(23-17)22-15-8-4-6-13(2)10-15/h3-11H,1-2H3,(H2,20,21,22,23). The number of aromatic nitrogens is 2. The van der Waals surface area contributed by atoms with E-state index in [1.165, 1.54) is 0 Å². The smallest absolute Gasteiger partial charge is 0.229 e. The van der Waals surface area contributed by atoms with Gasteiger partial charge in [-0.3, -0.25) is 0 Å². The zero-order chi connectivity index (χ0) is 16.2. The molecular formula is C18H17FN4. The van der Waals surface area contributed by atoms with Crippen LogP contribution in [-0.4, -0.2) is 9.97 Å². The van der Waals surface area contributed by atoms with Crippen LogP contribution in [0.5, 0.6) is 0 Å². The fourth-order valence-corrected chi connectivity index (χ4v) is 2.23. The van der Waals surface area contributed by atoms with Crippen LogP contribution in [0, 0.1) is 19.7 Å². The van der Waals surface area contributed by atoms with Crippen molar-refractivity contribution in [3.8, 4) is 0 Å². The van der Waals surface area contributed by atoms with Crippen molar-refractivity contribution in [1.82, 2.24) is 9.97 Å². The number of anilines is 4. The highest BCUT2D eigenvalue weighted by atomic mass is 19.1. The number of nitrogens with one attached hydrogen (secondary N) is 2. The molecule has 0 aliphatic carbocycles. The SMILES string of the molecule is Cc1cccc(Nc2ncc(F)c(Nc3cccc(C)c3)n2)c1. The number of aryl methyl sites for hydroxylation is 2. The minimum Gasteiger partial charge on any atom is -0.338 e. The Morgan fingerprint density at radius 2 is 1.48 bits per heavy atom. The van der Waals surface area contributed by atoms with Gasteiger partial charge in [-0.15, -0.1) is 0 Å². The summed E-state index contributed by atoms with van der Waals surface area (Å²) >= 11 is 0. The van der Waals surface area contributed by atoms with E-state index in [0.717, 1.165) is 28.7 Å². The summed E-state index contributed by atoms with van der Waals surface area (Å²) in [7, 11) is 0. The van der Waals surface area contributed by atoms with Crippen LogP contribution in [0.3, 0.4) is 0 Å². The van der Waals surface area contributed by atoms with Crippen molar-refractivity contribution in [1.29, 1.82) is 0 Å². The molecule has 4 nitrogen and oxygen atoms in total. The molecule has 2 N–H and O–H groups in total. The van der Waals surface area contributed by atoms with Gasteiger partial charge >= 0.3 is 0 Å². The molecule has 0 spiro atoms. The summed E-state index contributed by atoms with van der Waals surface area (Å²) < 4.78 is 13.9. The molecule has 0 bridgehead atoms. The molecular weight excluding hydrogens is 291 g/mol. The molecule has 0 fully saturated rings. The Balaban J connectivity index is 1.84. The van der Waals surface area contributed by atoms with Gasteiger partial charge in [-0.25, -0.2) is 9.37 Å². The molecule has 2 aromatic carbocycles. The van der Waals surface area contributed by atoms with Crippen molar-refractivity contribution in [3.63, 3.8) is 0 Å². The summed E-state index contributed by atoms with van der Waals surface area (Å²) in [5.41, 5.74) is 3.85. The van der Waals surface area contributed by atoms with Gasteiger partial charge in [0.2, 0.25) is 5.95 Å². The van der Waals surface area contributed by atoms with E-state index in [-0.39, 0.29) is 5.82 Å². The van der Waals surface area contributed by atoms with Crippen molar-refractivity contribution in [2.45, 2.75) is 13.8 Å². The predicted octanol–water partition coefficient (Wildman–Crippen LogP) is 4.72. The zero-order valence-electron chi connectivity index (χ0n) is 13.0. The van der Waals surface area contributed by atoms with Crippen LogP contribution in [0.4, 0.5) is 27.5 Å². The molecule has 0 aliphatic heterocycles. The minimum absolute atomic E-state index is 0.140. The van der Waals surface area contributed by atoms with Crippen molar-refractivity contribution in [2.24, 2.45) is 0 Å². The summed E-state index contributed by atoms with van der Waals surface area (Å²) in [6, 6.07) is 15.5. The molecule has 0 unspecified atom stereocenters. The third-order valence-electron chi connectivity index (χ3n) is 3.30. The van der Waals surface area contributed by atoms with Crippen molar-refractivity contribution in [3.05, 3.63) is 71.7 Å². The van der Waals surface area contributed by atoms with Crippen LogP contribution in [-0.2, 0) is 0 Å². The highest BCUT2D eigenvalue weighted by molar-refractivity contribution is 5.60. The first-order chi connectivity index (χ1) is 11.1. The van der Waals surface area contributed by atoms with E-state index in [1.807, 2.05) is 62.4 Å².